The quantitative estimate of drug-likeness (QED) is 0.368. The monoisotopic (exact) mass is 470 g/mol. The molecule has 0 aliphatic heterocycles. The van der Waals surface area contributed by atoms with Crippen LogP contribution in [0.15, 0.2) is 12.3 Å². The van der Waals surface area contributed by atoms with Crippen molar-refractivity contribution in [2.45, 2.75) is 70.2 Å². The Labute approximate surface area is 196 Å². The Kier molecular flexibility index (Phi) is 6.17. The summed E-state index contributed by atoms with van der Waals surface area (Å²) in [6, 6.07) is 1.87. The highest BCUT2D eigenvalue weighted by molar-refractivity contribution is 7.21. The molecule has 2 aliphatic carbocycles. The van der Waals surface area contributed by atoms with Gasteiger partial charge in [0.05, 0.1) is 33.8 Å². The minimum Gasteiger partial charge on any atom is -0.396 e. The molecule has 0 amide bonds. The van der Waals surface area contributed by atoms with Crippen molar-refractivity contribution >= 4 is 33.3 Å². The number of aryl methyl sites for hydroxylation is 2. The molecule has 0 unspecified atom stereocenters. The second-order valence-corrected chi connectivity index (χ2v) is 10.2. The number of aromatic nitrogens is 4. The molecule has 5 rings (SSSR count). The molecule has 4 atom stereocenters. The van der Waals surface area contributed by atoms with Crippen LogP contribution >= 0.6 is 11.3 Å². The average Bonchev–Trinajstić information content (AvgIpc) is 3.51. The molecule has 3 aromatic heterocycles. The summed E-state index contributed by atoms with van der Waals surface area (Å²) in [6.45, 7) is 3.70. The molecule has 0 bridgehead atoms. The third-order valence-electron chi connectivity index (χ3n) is 6.84. The van der Waals surface area contributed by atoms with Crippen LogP contribution in [-0.4, -0.2) is 66.2 Å². The van der Waals surface area contributed by atoms with Crippen molar-refractivity contribution in [2.24, 2.45) is 5.92 Å². The van der Waals surface area contributed by atoms with Crippen molar-refractivity contribution in [2.75, 3.05) is 17.2 Å². The van der Waals surface area contributed by atoms with E-state index in [1.165, 1.54) is 12.8 Å². The molecule has 0 radical (unpaired) electrons. The third kappa shape index (κ3) is 4.28. The van der Waals surface area contributed by atoms with Gasteiger partial charge in [0.15, 0.2) is 0 Å². The van der Waals surface area contributed by atoms with Crippen LogP contribution < -0.4 is 10.6 Å². The Morgan fingerprint density at radius 2 is 1.82 bits per heavy atom. The highest BCUT2D eigenvalue weighted by Gasteiger charge is 2.41. The molecule has 2 aliphatic rings. The van der Waals surface area contributed by atoms with E-state index in [9.17, 15) is 15.3 Å². The Balaban J connectivity index is 1.55. The van der Waals surface area contributed by atoms with E-state index in [2.05, 4.69) is 15.6 Å². The van der Waals surface area contributed by atoms with Gasteiger partial charge in [0.2, 0.25) is 5.95 Å². The molecule has 2 saturated carbocycles. The van der Waals surface area contributed by atoms with E-state index in [0.717, 1.165) is 45.0 Å². The molecular formula is C23H30N6O3S. The first kappa shape index (κ1) is 22.4. The molecule has 3 heterocycles. The van der Waals surface area contributed by atoms with E-state index in [-0.39, 0.29) is 12.5 Å². The summed E-state index contributed by atoms with van der Waals surface area (Å²) in [5.41, 5.74) is 3.28. The number of aliphatic hydroxyl groups is 3. The van der Waals surface area contributed by atoms with Crippen molar-refractivity contribution in [3.63, 3.8) is 0 Å². The predicted octanol–water partition coefficient (Wildman–Crippen LogP) is 2.63. The number of nitrogens with one attached hydrogen (secondary N) is 2. The van der Waals surface area contributed by atoms with E-state index in [4.69, 9.17) is 15.0 Å². The van der Waals surface area contributed by atoms with Gasteiger partial charge in [-0.15, -0.1) is 11.3 Å². The van der Waals surface area contributed by atoms with Gasteiger partial charge in [-0.25, -0.2) is 9.97 Å². The van der Waals surface area contributed by atoms with Gasteiger partial charge >= 0.3 is 0 Å². The highest BCUT2D eigenvalue weighted by Crippen LogP contribution is 2.38. The van der Waals surface area contributed by atoms with Crippen LogP contribution in [-0.2, 0) is 0 Å². The molecule has 0 aromatic carbocycles. The van der Waals surface area contributed by atoms with Gasteiger partial charge in [-0.05, 0) is 39.2 Å². The lowest BCUT2D eigenvalue weighted by Crippen LogP contribution is -2.36. The van der Waals surface area contributed by atoms with Crippen molar-refractivity contribution in [1.82, 2.24) is 19.9 Å². The Bertz CT molecular complexity index is 1150. The first-order valence-electron chi connectivity index (χ1n) is 11.6. The van der Waals surface area contributed by atoms with E-state index >= 15 is 0 Å². The Morgan fingerprint density at radius 3 is 2.52 bits per heavy atom. The number of anilines is 2. The van der Waals surface area contributed by atoms with E-state index in [1.54, 1.807) is 17.5 Å². The summed E-state index contributed by atoms with van der Waals surface area (Å²) in [6.07, 6.45) is 4.84. The molecule has 2 fully saturated rings. The van der Waals surface area contributed by atoms with E-state index in [1.807, 2.05) is 19.9 Å². The second kappa shape index (κ2) is 9.09. The normalized spacial score (nSPS) is 25.7. The smallest absolute Gasteiger partial charge is 0.225 e. The molecule has 9 nitrogen and oxygen atoms in total. The van der Waals surface area contributed by atoms with Crippen molar-refractivity contribution in [3.05, 3.63) is 23.7 Å². The van der Waals surface area contributed by atoms with Gasteiger partial charge in [-0.2, -0.15) is 4.98 Å². The molecule has 0 saturated heterocycles. The van der Waals surface area contributed by atoms with Crippen LogP contribution in [0.2, 0.25) is 0 Å². The zero-order valence-corrected chi connectivity index (χ0v) is 19.6. The first-order valence-corrected chi connectivity index (χ1v) is 12.4. The van der Waals surface area contributed by atoms with Crippen molar-refractivity contribution in [1.29, 1.82) is 0 Å². The Morgan fingerprint density at radius 1 is 1.03 bits per heavy atom. The fraction of sp³-hybridized carbons (Fsp3) is 0.565. The average molecular weight is 471 g/mol. The van der Waals surface area contributed by atoms with Crippen LogP contribution in [0.1, 0.15) is 43.5 Å². The molecule has 33 heavy (non-hydrogen) atoms. The van der Waals surface area contributed by atoms with Gasteiger partial charge in [0.1, 0.15) is 22.4 Å². The second-order valence-electron chi connectivity index (χ2n) is 9.15. The zero-order valence-electron chi connectivity index (χ0n) is 18.8. The molecule has 176 valence electrons. The van der Waals surface area contributed by atoms with Gasteiger partial charge in [-0.3, -0.25) is 4.98 Å². The molecule has 10 heteroatoms. The van der Waals surface area contributed by atoms with Gasteiger partial charge in [0.25, 0.3) is 0 Å². The number of thiazole rings is 1. The van der Waals surface area contributed by atoms with E-state index in [0.29, 0.717) is 24.2 Å². The Hall–Kier alpha value is -2.40. The minimum atomic E-state index is -1.00. The minimum absolute atomic E-state index is 0.176. The summed E-state index contributed by atoms with van der Waals surface area (Å²) in [4.78, 5) is 18.7. The maximum Gasteiger partial charge on any atom is 0.225 e. The lowest BCUT2D eigenvalue weighted by molar-refractivity contribution is 0.00446. The lowest BCUT2D eigenvalue weighted by atomic mass is 10.1. The predicted molar refractivity (Wildman–Crippen MR) is 128 cm³/mol. The van der Waals surface area contributed by atoms with Crippen LogP contribution in [0.4, 0.5) is 11.8 Å². The number of pyridine rings is 1. The van der Waals surface area contributed by atoms with Crippen LogP contribution in [0.5, 0.6) is 0 Å². The van der Waals surface area contributed by atoms with Gasteiger partial charge < -0.3 is 26.0 Å². The number of rotatable bonds is 6. The number of fused-ring (bicyclic) bond motifs is 1. The van der Waals surface area contributed by atoms with Crippen LogP contribution in [0.3, 0.4) is 0 Å². The fourth-order valence-electron chi connectivity index (χ4n) is 4.96. The summed E-state index contributed by atoms with van der Waals surface area (Å²) in [7, 11) is 0. The number of hydrogen-bond donors (Lipinski definition) is 5. The number of hydrogen-bond acceptors (Lipinski definition) is 10. The standard InChI is InChI=1S/C23H30N6O3S/c1-11-17(22-28-18-12(2)24-8-7-16(18)33-22)21(27-15-9-13(10-30)19(31)20(15)32)29-23(25-11)26-14-5-3-4-6-14/h7-8,13-15,19-20,30-32H,3-6,9-10H2,1-2H3,(H2,25,26,27,29)/t13-,15-,19-,20+/m1/s1. The highest BCUT2D eigenvalue weighted by atomic mass is 32.1. The molecule has 5 N–H and O–H groups in total. The summed E-state index contributed by atoms with van der Waals surface area (Å²) in [5, 5.41) is 38.1. The zero-order chi connectivity index (χ0) is 23.1. The van der Waals surface area contributed by atoms with Crippen molar-refractivity contribution < 1.29 is 15.3 Å². The molecule has 0 spiro atoms. The maximum absolute atomic E-state index is 10.6. The van der Waals surface area contributed by atoms with Crippen LogP contribution in [0.25, 0.3) is 20.8 Å². The number of aliphatic hydroxyl groups excluding tert-OH is 3. The first-order chi connectivity index (χ1) is 15.9. The lowest BCUT2D eigenvalue weighted by Gasteiger charge is -2.22. The van der Waals surface area contributed by atoms with Gasteiger partial charge in [0, 0.05) is 24.8 Å². The summed E-state index contributed by atoms with van der Waals surface area (Å²) < 4.78 is 1.03. The van der Waals surface area contributed by atoms with Crippen LogP contribution in [0, 0.1) is 19.8 Å². The number of nitrogens with zero attached hydrogens (tertiary/aromatic N) is 4. The topological polar surface area (TPSA) is 136 Å². The summed E-state index contributed by atoms with van der Waals surface area (Å²) >= 11 is 1.55. The third-order valence-corrected chi connectivity index (χ3v) is 7.88. The summed E-state index contributed by atoms with van der Waals surface area (Å²) in [5.74, 6) is 0.745. The fourth-order valence-corrected chi connectivity index (χ4v) is 6.07. The molecular weight excluding hydrogens is 440 g/mol. The molecule has 3 aromatic rings. The largest absolute Gasteiger partial charge is 0.396 e. The SMILES string of the molecule is Cc1nc(NC2CCCC2)nc(N[C@@H]2C[C@H](CO)[C@@H](O)[C@H]2O)c1-c1nc2c(C)nccc2s1. The maximum atomic E-state index is 10.6. The van der Waals surface area contributed by atoms with Gasteiger partial charge in [-0.1, -0.05) is 12.8 Å². The van der Waals surface area contributed by atoms with E-state index < -0.39 is 18.2 Å². The van der Waals surface area contributed by atoms with Crippen molar-refractivity contribution in [3.8, 4) is 10.6 Å².